The monoisotopic (exact) mass is 276 g/mol. The van der Waals surface area contributed by atoms with Crippen LogP contribution in [0.15, 0.2) is 0 Å². The predicted octanol–water partition coefficient (Wildman–Crippen LogP) is 3.70. The molecule has 4 N–H and O–H groups in total. The molecule has 0 bridgehead atoms. The highest BCUT2D eigenvalue weighted by molar-refractivity contribution is 4.45. The van der Waals surface area contributed by atoms with E-state index in [0.29, 0.717) is 6.61 Å². The number of aliphatic hydroxyl groups is 1. The zero-order valence-electron chi connectivity index (χ0n) is 14.0. The van der Waals surface area contributed by atoms with Gasteiger partial charge < -0.3 is 16.2 Å². The SMILES string of the molecule is CCCCN.CCCCNCCCC.CCCCO. The first-order chi connectivity index (χ1) is 9.24. The second-order valence-corrected chi connectivity index (χ2v) is 4.68. The quantitative estimate of drug-likeness (QED) is 0.533. The van der Waals surface area contributed by atoms with Gasteiger partial charge in [-0.15, -0.1) is 0 Å². The fourth-order valence-corrected chi connectivity index (χ4v) is 1.09. The third-order valence-corrected chi connectivity index (χ3v) is 2.48. The third-order valence-electron chi connectivity index (χ3n) is 2.48. The molecule has 0 fully saturated rings. The standard InChI is InChI=1S/C8H19N.C4H11N.C4H10O/c1-3-5-7-9-8-6-4-2;2*1-2-3-4-5/h9H,3-8H2,1-2H3;2-5H2,1H3;5H,2-4H2,1H3. The molecule has 0 spiro atoms. The van der Waals surface area contributed by atoms with Crippen LogP contribution < -0.4 is 11.1 Å². The molecule has 19 heavy (non-hydrogen) atoms. The molecule has 0 unspecified atom stereocenters. The van der Waals surface area contributed by atoms with E-state index >= 15 is 0 Å². The van der Waals surface area contributed by atoms with Crippen molar-refractivity contribution < 1.29 is 5.11 Å². The summed E-state index contributed by atoms with van der Waals surface area (Å²) in [5, 5.41) is 11.5. The van der Waals surface area contributed by atoms with E-state index in [1.54, 1.807) is 0 Å². The van der Waals surface area contributed by atoms with Crippen molar-refractivity contribution in [3.05, 3.63) is 0 Å². The highest BCUT2D eigenvalue weighted by atomic mass is 16.2. The molecule has 0 saturated carbocycles. The third kappa shape index (κ3) is 46.2. The van der Waals surface area contributed by atoms with Crippen molar-refractivity contribution in [3.8, 4) is 0 Å². The van der Waals surface area contributed by atoms with E-state index in [2.05, 4.69) is 33.0 Å². The molecule has 0 heterocycles. The van der Waals surface area contributed by atoms with Crippen LogP contribution in [0.2, 0.25) is 0 Å². The van der Waals surface area contributed by atoms with Crippen LogP contribution in [0.3, 0.4) is 0 Å². The van der Waals surface area contributed by atoms with Gasteiger partial charge in [0.15, 0.2) is 0 Å². The Balaban J connectivity index is -0.000000219. The number of nitrogens with one attached hydrogen (secondary N) is 1. The maximum atomic E-state index is 8.07. The Kier molecular flexibility index (Phi) is 38.7. The molecule has 0 saturated heterocycles. The maximum Gasteiger partial charge on any atom is 0.0430 e. The average Bonchev–Trinajstić information content (AvgIpc) is 2.42. The molecule has 0 aromatic rings. The highest BCUT2D eigenvalue weighted by Crippen LogP contribution is 1.85. The summed E-state index contributed by atoms with van der Waals surface area (Å²) >= 11 is 0. The molecule has 0 aliphatic heterocycles. The van der Waals surface area contributed by atoms with Crippen LogP contribution in [0, 0.1) is 0 Å². The van der Waals surface area contributed by atoms with Crippen molar-refractivity contribution in [2.75, 3.05) is 26.2 Å². The van der Waals surface area contributed by atoms with Gasteiger partial charge in [0.1, 0.15) is 0 Å². The lowest BCUT2D eigenvalue weighted by Gasteiger charge is -1.99. The Morgan fingerprint density at radius 1 is 0.737 bits per heavy atom. The molecular weight excluding hydrogens is 236 g/mol. The minimum atomic E-state index is 0.344. The Bertz CT molecular complexity index is 94.9. The molecule has 0 radical (unpaired) electrons. The van der Waals surface area contributed by atoms with E-state index in [9.17, 15) is 0 Å². The van der Waals surface area contributed by atoms with E-state index in [4.69, 9.17) is 10.8 Å². The average molecular weight is 277 g/mol. The summed E-state index contributed by atoms with van der Waals surface area (Å²) in [7, 11) is 0. The molecule has 0 aliphatic rings. The van der Waals surface area contributed by atoms with Crippen LogP contribution in [0.1, 0.15) is 79.1 Å². The van der Waals surface area contributed by atoms with Crippen LogP contribution >= 0.6 is 0 Å². The summed E-state index contributed by atoms with van der Waals surface area (Å²) in [6.07, 6.45) is 9.68. The largest absolute Gasteiger partial charge is 0.396 e. The van der Waals surface area contributed by atoms with Crippen molar-refractivity contribution in [2.24, 2.45) is 5.73 Å². The van der Waals surface area contributed by atoms with Gasteiger partial charge in [0.25, 0.3) is 0 Å². The molecule has 120 valence electrons. The minimum absolute atomic E-state index is 0.344. The van der Waals surface area contributed by atoms with Crippen LogP contribution in [0.25, 0.3) is 0 Å². The first kappa shape index (κ1) is 23.9. The van der Waals surface area contributed by atoms with Gasteiger partial charge in [0, 0.05) is 6.61 Å². The molecule has 3 heteroatoms. The second-order valence-electron chi connectivity index (χ2n) is 4.68. The van der Waals surface area contributed by atoms with Crippen LogP contribution in [0.4, 0.5) is 0 Å². The predicted molar refractivity (Wildman–Crippen MR) is 88.6 cm³/mol. The van der Waals surface area contributed by atoms with Crippen LogP contribution in [0.5, 0.6) is 0 Å². The number of hydrogen-bond acceptors (Lipinski definition) is 3. The smallest absolute Gasteiger partial charge is 0.0430 e. The Morgan fingerprint density at radius 2 is 1.16 bits per heavy atom. The number of aliphatic hydroxyl groups excluding tert-OH is 1. The van der Waals surface area contributed by atoms with Gasteiger partial charge in [-0.25, -0.2) is 0 Å². The lowest BCUT2D eigenvalue weighted by atomic mass is 10.3. The van der Waals surface area contributed by atoms with E-state index in [0.717, 1.165) is 19.4 Å². The molecule has 0 rings (SSSR count). The molecule has 0 amide bonds. The van der Waals surface area contributed by atoms with Gasteiger partial charge in [0.05, 0.1) is 0 Å². The number of rotatable bonds is 10. The maximum absolute atomic E-state index is 8.07. The lowest BCUT2D eigenvalue weighted by molar-refractivity contribution is 0.287. The fraction of sp³-hybridized carbons (Fsp3) is 1.00. The lowest BCUT2D eigenvalue weighted by Crippen LogP contribution is -2.15. The topological polar surface area (TPSA) is 58.3 Å². The van der Waals surface area contributed by atoms with E-state index in [1.807, 2.05) is 0 Å². The second kappa shape index (κ2) is 30.7. The van der Waals surface area contributed by atoms with Crippen molar-refractivity contribution in [1.82, 2.24) is 5.32 Å². The van der Waals surface area contributed by atoms with Crippen LogP contribution in [-0.2, 0) is 0 Å². The summed E-state index contributed by atoms with van der Waals surface area (Å²) in [6, 6.07) is 0. The molecule has 3 nitrogen and oxygen atoms in total. The Labute approximate surface area is 122 Å². The molecule has 0 atom stereocenters. The Hall–Kier alpha value is -0.120. The van der Waals surface area contributed by atoms with Gasteiger partial charge in [-0.2, -0.15) is 0 Å². The number of unbranched alkanes of at least 4 members (excludes halogenated alkanes) is 4. The van der Waals surface area contributed by atoms with Crippen molar-refractivity contribution >= 4 is 0 Å². The summed E-state index contributed by atoms with van der Waals surface area (Å²) < 4.78 is 0. The first-order valence-corrected chi connectivity index (χ1v) is 8.26. The number of nitrogens with two attached hydrogens (primary N) is 1. The van der Waals surface area contributed by atoms with E-state index < -0.39 is 0 Å². The molecule has 0 aromatic heterocycles. The van der Waals surface area contributed by atoms with Crippen molar-refractivity contribution in [1.29, 1.82) is 0 Å². The zero-order chi connectivity index (χ0) is 15.2. The highest BCUT2D eigenvalue weighted by Gasteiger charge is 1.83. The van der Waals surface area contributed by atoms with Gasteiger partial charge in [0.2, 0.25) is 0 Å². The van der Waals surface area contributed by atoms with E-state index in [-0.39, 0.29) is 0 Å². The zero-order valence-corrected chi connectivity index (χ0v) is 14.0. The summed E-state index contributed by atoms with van der Waals surface area (Å²) in [4.78, 5) is 0. The van der Waals surface area contributed by atoms with Crippen molar-refractivity contribution in [2.45, 2.75) is 79.1 Å². The molecule has 0 aliphatic carbocycles. The summed E-state index contributed by atoms with van der Waals surface area (Å²) in [5.41, 5.74) is 5.14. The van der Waals surface area contributed by atoms with Gasteiger partial charge in [-0.3, -0.25) is 0 Å². The first-order valence-electron chi connectivity index (χ1n) is 8.26. The van der Waals surface area contributed by atoms with Crippen molar-refractivity contribution in [3.63, 3.8) is 0 Å². The Morgan fingerprint density at radius 3 is 1.32 bits per heavy atom. The van der Waals surface area contributed by atoms with Crippen LogP contribution in [-0.4, -0.2) is 31.3 Å². The summed E-state index contributed by atoms with van der Waals surface area (Å²) in [6.45, 7) is 12.2. The number of hydrogen-bond donors (Lipinski definition) is 3. The van der Waals surface area contributed by atoms with Gasteiger partial charge in [-0.1, -0.05) is 53.4 Å². The fourth-order valence-electron chi connectivity index (χ4n) is 1.09. The molecular formula is C16H40N2O. The van der Waals surface area contributed by atoms with E-state index in [1.165, 1.54) is 51.6 Å². The summed E-state index contributed by atoms with van der Waals surface area (Å²) in [5.74, 6) is 0. The normalized spacial score (nSPS) is 9.16. The minimum Gasteiger partial charge on any atom is -0.396 e. The van der Waals surface area contributed by atoms with Gasteiger partial charge in [-0.05, 0) is 45.3 Å². The molecule has 0 aromatic carbocycles. The van der Waals surface area contributed by atoms with Gasteiger partial charge >= 0.3 is 0 Å².